The Balaban J connectivity index is 4.89. The van der Waals surface area contributed by atoms with E-state index in [2.05, 4.69) is 34.6 Å². The van der Waals surface area contributed by atoms with Crippen LogP contribution in [-0.2, 0) is 23.6 Å². The summed E-state index contributed by atoms with van der Waals surface area (Å²) in [6.45, 7) is 13.7. The van der Waals surface area contributed by atoms with Gasteiger partial charge in [-0.25, -0.2) is 0 Å². The van der Waals surface area contributed by atoms with Gasteiger partial charge in [-0.3, -0.25) is 9.59 Å². The molecule has 0 saturated carbocycles. The van der Waals surface area contributed by atoms with Crippen molar-refractivity contribution >= 4 is 30.7 Å². The number of carbonyl (C=O) groups is 2. The molecule has 0 amide bonds. The average Bonchev–Trinajstić information content (AvgIpc) is 2.61. The van der Waals surface area contributed by atoms with Crippen LogP contribution in [0.4, 0.5) is 0 Å². The highest BCUT2D eigenvalue weighted by Crippen LogP contribution is 2.53. The summed E-state index contributed by atoms with van der Waals surface area (Å²) in [4.78, 5) is 24.3. The molecule has 0 aromatic heterocycles. The fourth-order valence-electron chi connectivity index (χ4n) is 2.24. The van der Waals surface area contributed by atoms with Gasteiger partial charge in [-0.2, -0.15) is 0 Å². The molecule has 0 N–H and O–H groups in total. The van der Waals surface area contributed by atoms with Crippen molar-refractivity contribution in [2.75, 3.05) is 32.2 Å². The van der Waals surface area contributed by atoms with E-state index in [1.54, 1.807) is 18.3 Å². The molecule has 0 bridgehead atoms. The fraction of sp³-hybridized carbons (Fsp3) is 0.900. The monoisotopic (exact) mass is 422 g/mol. The zero-order valence-electron chi connectivity index (χ0n) is 18.2. The first-order chi connectivity index (χ1) is 12.7. The number of rotatable bonds is 15. The second-order valence-corrected chi connectivity index (χ2v) is 11.6. The minimum absolute atomic E-state index is 0.213. The van der Waals surface area contributed by atoms with Gasteiger partial charge in [0.2, 0.25) is 0 Å². The Morgan fingerprint density at radius 1 is 1.04 bits per heavy atom. The predicted octanol–water partition coefficient (Wildman–Crippen LogP) is 5.52. The van der Waals surface area contributed by atoms with Crippen LogP contribution >= 0.6 is 18.7 Å². The van der Waals surface area contributed by atoms with E-state index >= 15 is 0 Å². The highest BCUT2D eigenvalue weighted by molar-refractivity contribution is 8.54. The lowest BCUT2D eigenvalue weighted by molar-refractivity contribution is -0.150. The van der Waals surface area contributed by atoms with Crippen molar-refractivity contribution in [1.82, 2.24) is 0 Å². The van der Waals surface area contributed by atoms with E-state index in [1.807, 2.05) is 0 Å². The largest absolute Gasteiger partial charge is 0.469 e. The van der Waals surface area contributed by atoms with Crippen molar-refractivity contribution in [1.29, 1.82) is 0 Å². The number of ether oxygens (including phenoxy) is 2. The van der Waals surface area contributed by atoms with Crippen LogP contribution < -0.4 is 0 Å². The Kier molecular flexibility index (Phi) is 15.4. The minimum Gasteiger partial charge on any atom is -0.469 e. The molecule has 0 aliphatic heterocycles. The number of esters is 2. The predicted molar refractivity (Wildman–Crippen MR) is 115 cm³/mol. The van der Waals surface area contributed by atoms with Crippen LogP contribution in [-0.4, -0.2) is 44.2 Å². The zero-order valence-corrected chi connectivity index (χ0v) is 19.9. The lowest BCUT2D eigenvalue weighted by Gasteiger charge is -2.23. The molecule has 160 valence electrons. The third-order valence-corrected chi connectivity index (χ3v) is 8.18. The summed E-state index contributed by atoms with van der Waals surface area (Å²) in [5.74, 6) is 0.495. The average molecular weight is 423 g/mol. The van der Waals surface area contributed by atoms with Gasteiger partial charge in [-0.15, -0.1) is 11.4 Å². The smallest absolute Gasteiger partial charge is 0.309 e. The van der Waals surface area contributed by atoms with Crippen molar-refractivity contribution in [2.24, 2.45) is 23.7 Å². The van der Waals surface area contributed by atoms with Gasteiger partial charge in [0.05, 0.1) is 39.5 Å². The summed E-state index contributed by atoms with van der Waals surface area (Å²) in [5, 5.41) is 0. The molecular weight excluding hydrogens is 383 g/mol. The molecular formula is C20H39O5PS. The normalized spacial score (nSPS) is 14.9. The zero-order chi connectivity index (χ0) is 20.8. The van der Waals surface area contributed by atoms with Crippen molar-refractivity contribution in [2.45, 2.75) is 60.8 Å². The summed E-state index contributed by atoms with van der Waals surface area (Å²) in [6, 6.07) is 0. The van der Waals surface area contributed by atoms with Crippen LogP contribution in [0.25, 0.3) is 0 Å². The SMILES string of the molecule is CCCCOC(=O)C(CSP(CC(C)C)OCC(C)C)CC(C)C(=O)OC. The van der Waals surface area contributed by atoms with Gasteiger partial charge < -0.3 is 14.0 Å². The maximum absolute atomic E-state index is 12.5. The topological polar surface area (TPSA) is 61.8 Å². The number of hydrogen-bond donors (Lipinski definition) is 0. The van der Waals surface area contributed by atoms with E-state index in [1.165, 1.54) is 7.11 Å². The third-order valence-electron chi connectivity index (χ3n) is 3.80. The number of carbonyl (C=O) groups excluding carboxylic acids is 2. The number of hydrogen-bond acceptors (Lipinski definition) is 6. The van der Waals surface area contributed by atoms with Crippen LogP contribution in [0.1, 0.15) is 60.8 Å². The van der Waals surface area contributed by atoms with E-state index in [0.717, 1.165) is 25.6 Å². The Labute approximate surface area is 171 Å². The van der Waals surface area contributed by atoms with Crippen LogP contribution in [0.15, 0.2) is 0 Å². The van der Waals surface area contributed by atoms with Gasteiger partial charge in [-0.1, -0.05) is 48.0 Å². The molecule has 0 fully saturated rings. The summed E-state index contributed by atoms with van der Waals surface area (Å²) in [7, 11) is 0.722. The Morgan fingerprint density at radius 3 is 2.22 bits per heavy atom. The number of methoxy groups -OCH3 is 1. The molecule has 0 aromatic carbocycles. The molecule has 0 radical (unpaired) electrons. The lowest BCUT2D eigenvalue weighted by Crippen LogP contribution is -2.26. The number of unbranched alkanes of at least 4 members (excludes halogenated alkanes) is 1. The van der Waals surface area contributed by atoms with Crippen LogP contribution in [0.5, 0.6) is 0 Å². The molecule has 3 atom stereocenters. The van der Waals surface area contributed by atoms with Gasteiger partial charge in [0.15, 0.2) is 0 Å². The fourth-order valence-corrected chi connectivity index (χ4v) is 6.86. The lowest BCUT2D eigenvalue weighted by atomic mass is 9.97. The molecule has 7 heteroatoms. The van der Waals surface area contributed by atoms with Gasteiger partial charge >= 0.3 is 11.9 Å². The van der Waals surface area contributed by atoms with Crippen molar-refractivity contribution in [3.8, 4) is 0 Å². The molecule has 0 aromatic rings. The standard InChI is InChI=1S/C20H39O5PS/c1-8-9-10-24-20(22)18(11-17(6)19(21)23-7)14-27-26(13-16(4)5)25-12-15(2)3/h15-18H,8-14H2,1-7H3. The minimum atomic E-state index is -0.657. The second kappa shape index (κ2) is 15.6. The quantitative estimate of drug-likeness (QED) is 0.197. The molecule has 0 aliphatic rings. The Morgan fingerprint density at radius 2 is 1.70 bits per heavy atom. The first kappa shape index (κ1) is 26.7. The van der Waals surface area contributed by atoms with E-state index in [0.29, 0.717) is 30.6 Å². The van der Waals surface area contributed by atoms with E-state index in [9.17, 15) is 9.59 Å². The summed E-state index contributed by atoms with van der Waals surface area (Å²) >= 11 is 1.72. The van der Waals surface area contributed by atoms with Gasteiger partial charge in [-0.05, 0) is 24.7 Å². The Hall–Kier alpha value is -0.320. The maximum Gasteiger partial charge on any atom is 0.309 e. The molecule has 27 heavy (non-hydrogen) atoms. The Bertz CT molecular complexity index is 417. The molecule has 0 aliphatic carbocycles. The summed E-state index contributed by atoms with van der Waals surface area (Å²) < 4.78 is 16.3. The third kappa shape index (κ3) is 13.5. The first-order valence-corrected chi connectivity index (χ1v) is 13.0. The van der Waals surface area contributed by atoms with Crippen LogP contribution in [0, 0.1) is 23.7 Å². The van der Waals surface area contributed by atoms with Gasteiger partial charge in [0.1, 0.15) is 0 Å². The molecule has 0 heterocycles. The van der Waals surface area contributed by atoms with E-state index in [-0.39, 0.29) is 23.8 Å². The van der Waals surface area contributed by atoms with Crippen molar-refractivity contribution in [3.63, 3.8) is 0 Å². The first-order valence-electron chi connectivity index (χ1n) is 9.98. The van der Waals surface area contributed by atoms with E-state index in [4.69, 9.17) is 14.0 Å². The van der Waals surface area contributed by atoms with Gasteiger partial charge in [0.25, 0.3) is 0 Å². The molecule has 0 spiro atoms. The van der Waals surface area contributed by atoms with Crippen molar-refractivity contribution < 1.29 is 23.6 Å². The van der Waals surface area contributed by atoms with Crippen molar-refractivity contribution in [3.05, 3.63) is 0 Å². The van der Waals surface area contributed by atoms with Crippen LogP contribution in [0.3, 0.4) is 0 Å². The highest BCUT2D eigenvalue weighted by atomic mass is 32.7. The van der Waals surface area contributed by atoms with Crippen LogP contribution in [0.2, 0.25) is 0 Å². The summed E-state index contributed by atoms with van der Waals surface area (Å²) in [5.41, 5.74) is 0. The molecule has 5 nitrogen and oxygen atoms in total. The highest BCUT2D eigenvalue weighted by Gasteiger charge is 2.28. The summed E-state index contributed by atoms with van der Waals surface area (Å²) in [6.07, 6.45) is 3.28. The molecule has 0 saturated heterocycles. The maximum atomic E-state index is 12.5. The molecule has 0 rings (SSSR count). The second-order valence-electron chi connectivity index (χ2n) is 7.77. The molecule has 3 unspecified atom stereocenters. The van der Waals surface area contributed by atoms with Gasteiger partial charge in [0, 0.05) is 11.9 Å². The van der Waals surface area contributed by atoms with E-state index < -0.39 is 7.35 Å².